The van der Waals surface area contributed by atoms with Gasteiger partial charge in [-0.2, -0.15) is 0 Å². The SMILES string of the molecule is Cc1ccc(C)c(C(Br)c2cccc(F)c2Cl)c1. The molecular formula is C15H13BrClF. The average molecular weight is 328 g/mol. The number of hydrogen-bond donors (Lipinski definition) is 0. The monoisotopic (exact) mass is 326 g/mol. The van der Waals surface area contributed by atoms with Gasteiger partial charge in [0.15, 0.2) is 0 Å². The summed E-state index contributed by atoms with van der Waals surface area (Å²) in [4.78, 5) is -0.0967. The van der Waals surface area contributed by atoms with E-state index in [2.05, 4.69) is 34.1 Å². The highest BCUT2D eigenvalue weighted by Gasteiger charge is 2.17. The average Bonchev–Trinajstić information content (AvgIpc) is 2.35. The molecule has 0 spiro atoms. The summed E-state index contributed by atoms with van der Waals surface area (Å²) >= 11 is 9.64. The van der Waals surface area contributed by atoms with Crippen molar-refractivity contribution in [1.29, 1.82) is 0 Å². The molecule has 0 nitrogen and oxygen atoms in total. The Labute approximate surface area is 120 Å². The van der Waals surface area contributed by atoms with Crippen LogP contribution < -0.4 is 0 Å². The van der Waals surface area contributed by atoms with Crippen LogP contribution in [0.2, 0.25) is 5.02 Å². The van der Waals surface area contributed by atoms with Crippen LogP contribution in [-0.2, 0) is 0 Å². The van der Waals surface area contributed by atoms with E-state index < -0.39 is 0 Å². The van der Waals surface area contributed by atoms with Gasteiger partial charge in [0.2, 0.25) is 0 Å². The lowest BCUT2D eigenvalue weighted by Crippen LogP contribution is -1.98. The molecule has 2 aromatic rings. The van der Waals surface area contributed by atoms with Crippen molar-refractivity contribution in [1.82, 2.24) is 0 Å². The molecule has 0 heterocycles. The van der Waals surface area contributed by atoms with Crippen molar-refractivity contribution in [2.75, 3.05) is 0 Å². The summed E-state index contributed by atoms with van der Waals surface area (Å²) in [6, 6.07) is 11.1. The molecule has 0 saturated carbocycles. The van der Waals surface area contributed by atoms with Crippen molar-refractivity contribution in [3.05, 3.63) is 69.5 Å². The molecule has 0 fully saturated rings. The van der Waals surface area contributed by atoms with Gasteiger partial charge in [-0.05, 0) is 36.6 Å². The second-order valence-electron chi connectivity index (χ2n) is 4.37. The van der Waals surface area contributed by atoms with Crippen molar-refractivity contribution in [3.8, 4) is 0 Å². The topological polar surface area (TPSA) is 0 Å². The van der Waals surface area contributed by atoms with Crippen LogP contribution in [0.3, 0.4) is 0 Å². The maximum atomic E-state index is 13.5. The zero-order chi connectivity index (χ0) is 13.3. The molecule has 0 radical (unpaired) electrons. The first kappa shape index (κ1) is 13.6. The molecule has 0 bridgehead atoms. The number of benzene rings is 2. The number of rotatable bonds is 2. The third-order valence-corrected chi connectivity index (χ3v) is 4.35. The molecule has 0 aliphatic heterocycles. The molecule has 0 aliphatic rings. The molecule has 0 amide bonds. The largest absolute Gasteiger partial charge is 0.205 e. The number of hydrogen-bond acceptors (Lipinski definition) is 0. The first-order valence-electron chi connectivity index (χ1n) is 5.66. The predicted molar refractivity (Wildman–Crippen MR) is 78.1 cm³/mol. The van der Waals surface area contributed by atoms with Gasteiger partial charge in [0.25, 0.3) is 0 Å². The fourth-order valence-electron chi connectivity index (χ4n) is 1.92. The maximum absolute atomic E-state index is 13.5. The first-order chi connectivity index (χ1) is 8.50. The van der Waals surface area contributed by atoms with Crippen molar-refractivity contribution >= 4 is 27.5 Å². The molecule has 0 saturated heterocycles. The molecule has 2 rings (SSSR count). The van der Waals surface area contributed by atoms with Gasteiger partial charge in [-0.1, -0.05) is 63.4 Å². The van der Waals surface area contributed by atoms with E-state index in [4.69, 9.17) is 11.6 Å². The summed E-state index contributed by atoms with van der Waals surface area (Å²) in [7, 11) is 0. The van der Waals surface area contributed by atoms with Crippen LogP contribution in [0.4, 0.5) is 4.39 Å². The molecule has 2 aromatic carbocycles. The van der Waals surface area contributed by atoms with Crippen molar-refractivity contribution in [2.24, 2.45) is 0 Å². The Morgan fingerprint density at radius 2 is 1.83 bits per heavy atom. The Bertz CT molecular complexity index is 579. The number of alkyl halides is 1. The number of aryl methyl sites for hydroxylation is 2. The molecule has 1 atom stereocenters. The Kier molecular flexibility index (Phi) is 4.08. The highest BCUT2D eigenvalue weighted by atomic mass is 79.9. The predicted octanol–water partition coefficient (Wildman–Crippen LogP) is 5.58. The lowest BCUT2D eigenvalue weighted by atomic mass is 9.98. The van der Waals surface area contributed by atoms with Crippen molar-refractivity contribution in [2.45, 2.75) is 18.7 Å². The molecular weight excluding hydrogens is 315 g/mol. The van der Waals surface area contributed by atoms with Crippen LogP contribution in [0.5, 0.6) is 0 Å². The lowest BCUT2D eigenvalue weighted by molar-refractivity contribution is 0.626. The van der Waals surface area contributed by atoms with Crippen LogP contribution in [0, 0.1) is 19.7 Å². The second kappa shape index (κ2) is 5.41. The molecule has 94 valence electrons. The summed E-state index contributed by atoms with van der Waals surface area (Å²) in [5.74, 6) is -0.385. The van der Waals surface area contributed by atoms with E-state index >= 15 is 0 Å². The third-order valence-electron chi connectivity index (χ3n) is 2.96. The van der Waals surface area contributed by atoms with E-state index in [1.807, 2.05) is 19.9 Å². The van der Waals surface area contributed by atoms with Gasteiger partial charge in [0.1, 0.15) is 5.82 Å². The van der Waals surface area contributed by atoms with Crippen molar-refractivity contribution in [3.63, 3.8) is 0 Å². The summed E-state index contributed by atoms with van der Waals surface area (Å²) in [6.45, 7) is 4.08. The fourth-order valence-corrected chi connectivity index (χ4v) is 3.16. The Morgan fingerprint density at radius 3 is 2.56 bits per heavy atom. The molecule has 0 aromatic heterocycles. The summed E-state index contributed by atoms with van der Waals surface area (Å²) in [5, 5.41) is 0.181. The van der Waals surface area contributed by atoms with E-state index in [0.717, 1.165) is 16.7 Å². The van der Waals surface area contributed by atoms with E-state index in [9.17, 15) is 4.39 Å². The summed E-state index contributed by atoms with van der Waals surface area (Å²) < 4.78 is 13.5. The van der Waals surface area contributed by atoms with Crippen LogP contribution in [0.15, 0.2) is 36.4 Å². The van der Waals surface area contributed by atoms with Gasteiger partial charge in [-0.25, -0.2) is 4.39 Å². The normalized spacial score (nSPS) is 12.5. The second-order valence-corrected chi connectivity index (χ2v) is 5.66. The minimum absolute atomic E-state index is 0.0967. The van der Waals surface area contributed by atoms with Crippen LogP contribution >= 0.6 is 27.5 Å². The third kappa shape index (κ3) is 2.60. The van der Waals surface area contributed by atoms with Gasteiger partial charge in [-0.3, -0.25) is 0 Å². The van der Waals surface area contributed by atoms with Gasteiger partial charge >= 0.3 is 0 Å². The van der Waals surface area contributed by atoms with Gasteiger partial charge in [0, 0.05) is 0 Å². The lowest BCUT2D eigenvalue weighted by Gasteiger charge is -2.16. The van der Waals surface area contributed by atoms with E-state index in [0.29, 0.717) is 0 Å². The Balaban J connectivity index is 2.51. The first-order valence-corrected chi connectivity index (χ1v) is 6.95. The highest BCUT2D eigenvalue weighted by Crippen LogP contribution is 2.37. The fraction of sp³-hybridized carbons (Fsp3) is 0.200. The van der Waals surface area contributed by atoms with Gasteiger partial charge in [-0.15, -0.1) is 0 Å². The Morgan fingerprint density at radius 1 is 1.11 bits per heavy atom. The highest BCUT2D eigenvalue weighted by molar-refractivity contribution is 9.09. The van der Waals surface area contributed by atoms with E-state index in [1.54, 1.807) is 6.07 Å². The summed E-state index contributed by atoms with van der Waals surface area (Å²) in [5.41, 5.74) is 4.20. The maximum Gasteiger partial charge on any atom is 0.142 e. The quantitative estimate of drug-likeness (QED) is 0.632. The molecule has 18 heavy (non-hydrogen) atoms. The number of halogens is 3. The standard InChI is InChI=1S/C15H13BrClF/c1-9-6-7-10(2)12(8-9)14(16)11-4-3-5-13(18)15(11)17/h3-8,14H,1-2H3. The van der Waals surface area contributed by atoms with Crippen LogP contribution in [-0.4, -0.2) is 0 Å². The Hall–Kier alpha value is -0.860. The zero-order valence-electron chi connectivity index (χ0n) is 10.2. The summed E-state index contributed by atoms with van der Waals surface area (Å²) in [6.07, 6.45) is 0. The van der Waals surface area contributed by atoms with Crippen molar-refractivity contribution < 1.29 is 4.39 Å². The van der Waals surface area contributed by atoms with Gasteiger partial charge < -0.3 is 0 Å². The van der Waals surface area contributed by atoms with Gasteiger partial charge in [0.05, 0.1) is 9.85 Å². The van der Waals surface area contributed by atoms with Crippen LogP contribution in [0.1, 0.15) is 27.1 Å². The molecule has 1 unspecified atom stereocenters. The van der Waals surface area contributed by atoms with Crippen LogP contribution in [0.25, 0.3) is 0 Å². The molecule has 3 heteroatoms. The minimum atomic E-state index is -0.385. The molecule has 0 aliphatic carbocycles. The zero-order valence-corrected chi connectivity index (χ0v) is 12.5. The van der Waals surface area contributed by atoms with E-state index in [1.165, 1.54) is 11.6 Å². The smallest absolute Gasteiger partial charge is 0.142 e. The minimum Gasteiger partial charge on any atom is -0.205 e. The molecule has 0 N–H and O–H groups in total. The van der Waals surface area contributed by atoms with E-state index in [-0.39, 0.29) is 15.7 Å².